The number of likely N-dealkylation sites (tertiary alicyclic amines) is 1. The average molecular weight is 253 g/mol. The molecule has 2 fully saturated rings. The highest BCUT2D eigenvalue weighted by Crippen LogP contribution is 2.34. The first-order valence-electron chi connectivity index (χ1n) is 6.67. The van der Waals surface area contributed by atoms with E-state index in [2.05, 4.69) is 5.32 Å². The first kappa shape index (κ1) is 13.3. The van der Waals surface area contributed by atoms with Gasteiger partial charge < -0.3 is 16.0 Å². The van der Waals surface area contributed by atoms with Gasteiger partial charge in [0.05, 0.1) is 10.8 Å². The van der Waals surface area contributed by atoms with Gasteiger partial charge in [-0.05, 0) is 39.7 Å². The lowest BCUT2D eigenvalue weighted by Gasteiger charge is -2.36. The SMILES string of the molecule is CC1(C(N)=O)CCN(C(=O)C2(C)CCCNC2)C1. The fourth-order valence-corrected chi connectivity index (χ4v) is 2.96. The van der Waals surface area contributed by atoms with Crippen molar-refractivity contribution in [1.82, 2.24) is 10.2 Å². The summed E-state index contributed by atoms with van der Waals surface area (Å²) in [6.45, 7) is 6.70. The van der Waals surface area contributed by atoms with E-state index in [-0.39, 0.29) is 17.2 Å². The Bertz CT molecular complexity index is 363. The first-order chi connectivity index (χ1) is 8.37. The van der Waals surface area contributed by atoms with Crippen LogP contribution < -0.4 is 11.1 Å². The van der Waals surface area contributed by atoms with E-state index in [1.807, 2.05) is 18.7 Å². The van der Waals surface area contributed by atoms with Crippen molar-refractivity contribution in [1.29, 1.82) is 0 Å². The molecule has 0 spiro atoms. The number of nitrogens with two attached hydrogens (primary N) is 1. The van der Waals surface area contributed by atoms with Crippen LogP contribution in [0.25, 0.3) is 0 Å². The number of carbonyl (C=O) groups is 2. The summed E-state index contributed by atoms with van der Waals surface area (Å²) in [6, 6.07) is 0. The minimum Gasteiger partial charge on any atom is -0.369 e. The quantitative estimate of drug-likeness (QED) is 0.733. The van der Waals surface area contributed by atoms with Crippen LogP contribution in [0.5, 0.6) is 0 Å². The Morgan fingerprint density at radius 2 is 1.94 bits per heavy atom. The topological polar surface area (TPSA) is 75.4 Å². The van der Waals surface area contributed by atoms with Crippen molar-refractivity contribution in [3.63, 3.8) is 0 Å². The third-order valence-corrected chi connectivity index (χ3v) is 4.47. The summed E-state index contributed by atoms with van der Waals surface area (Å²) >= 11 is 0. The lowest BCUT2D eigenvalue weighted by molar-refractivity contribution is -0.141. The zero-order valence-corrected chi connectivity index (χ0v) is 11.3. The number of primary amides is 1. The van der Waals surface area contributed by atoms with E-state index < -0.39 is 5.41 Å². The summed E-state index contributed by atoms with van der Waals surface area (Å²) in [5, 5.41) is 3.28. The molecule has 0 aromatic rings. The highest BCUT2D eigenvalue weighted by atomic mass is 16.2. The van der Waals surface area contributed by atoms with Gasteiger partial charge in [0.2, 0.25) is 11.8 Å². The van der Waals surface area contributed by atoms with Gasteiger partial charge >= 0.3 is 0 Å². The van der Waals surface area contributed by atoms with Crippen LogP contribution in [0.2, 0.25) is 0 Å². The molecule has 0 radical (unpaired) electrons. The Balaban J connectivity index is 2.05. The summed E-state index contributed by atoms with van der Waals surface area (Å²) in [7, 11) is 0. The Morgan fingerprint density at radius 3 is 2.44 bits per heavy atom. The third-order valence-electron chi connectivity index (χ3n) is 4.47. The molecule has 2 rings (SSSR count). The molecule has 3 N–H and O–H groups in total. The largest absolute Gasteiger partial charge is 0.369 e. The molecule has 2 aliphatic rings. The summed E-state index contributed by atoms with van der Waals surface area (Å²) in [5.74, 6) is -0.135. The zero-order valence-electron chi connectivity index (χ0n) is 11.3. The molecular weight excluding hydrogens is 230 g/mol. The van der Waals surface area contributed by atoms with Gasteiger partial charge in [-0.1, -0.05) is 0 Å². The van der Waals surface area contributed by atoms with E-state index >= 15 is 0 Å². The second kappa shape index (κ2) is 4.53. The van der Waals surface area contributed by atoms with Gasteiger partial charge in [-0.2, -0.15) is 0 Å². The van der Waals surface area contributed by atoms with E-state index in [1.165, 1.54) is 0 Å². The van der Waals surface area contributed by atoms with Gasteiger partial charge in [-0.3, -0.25) is 9.59 Å². The molecule has 0 bridgehead atoms. The maximum atomic E-state index is 12.6. The predicted octanol–water partition coefficient (Wildman–Crippen LogP) is 0.1000. The number of rotatable bonds is 2. The Labute approximate surface area is 108 Å². The van der Waals surface area contributed by atoms with Crippen molar-refractivity contribution in [2.75, 3.05) is 26.2 Å². The maximum absolute atomic E-state index is 12.6. The van der Waals surface area contributed by atoms with Gasteiger partial charge in [-0.25, -0.2) is 0 Å². The standard InChI is InChI=1S/C13H23N3O2/c1-12(4-3-6-15-8-12)11(18)16-7-5-13(2,9-16)10(14)17/h15H,3-9H2,1-2H3,(H2,14,17). The second-order valence-electron chi connectivity index (χ2n) is 6.24. The van der Waals surface area contributed by atoms with Crippen molar-refractivity contribution in [3.05, 3.63) is 0 Å². The van der Waals surface area contributed by atoms with Gasteiger partial charge in [-0.15, -0.1) is 0 Å². The first-order valence-corrected chi connectivity index (χ1v) is 6.67. The van der Waals surface area contributed by atoms with Crippen molar-refractivity contribution in [2.45, 2.75) is 33.1 Å². The second-order valence-corrected chi connectivity index (χ2v) is 6.24. The van der Waals surface area contributed by atoms with Gasteiger partial charge in [0.25, 0.3) is 0 Å². The van der Waals surface area contributed by atoms with E-state index in [4.69, 9.17) is 5.73 Å². The molecule has 0 aromatic carbocycles. The monoisotopic (exact) mass is 253 g/mol. The van der Waals surface area contributed by atoms with E-state index in [9.17, 15) is 9.59 Å². The summed E-state index contributed by atoms with van der Waals surface area (Å²) in [4.78, 5) is 25.8. The number of carbonyl (C=O) groups excluding carboxylic acids is 2. The lowest BCUT2D eigenvalue weighted by atomic mass is 9.81. The number of hydrogen-bond donors (Lipinski definition) is 2. The highest BCUT2D eigenvalue weighted by molar-refractivity contribution is 5.86. The van der Waals surface area contributed by atoms with E-state index in [1.54, 1.807) is 0 Å². The molecule has 2 heterocycles. The smallest absolute Gasteiger partial charge is 0.229 e. The fourth-order valence-electron chi connectivity index (χ4n) is 2.96. The minimum atomic E-state index is -0.548. The molecule has 2 aliphatic heterocycles. The number of piperidine rings is 1. The lowest BCUT2D eigenvalue weighted by Crippen LogP contribution is -2.50. The minimum absolute atomic E-state index is 0.166. The number of hydrogen-bond acceptors (Lipinski definition) is 3. The number of nitrogens with zero attached hydrogens (tertiary/aromatic N) is 1. The molecule has 2 unspecified atom stereocenters. The molecular formula is C13H23N3O2. The van der Waals surface area contributed by atoms with Crippen LogP contribution in [-0.4, -0.2) is 42.9 Å². The fraction of sp³-hybridized carbons (Fsp3) is 0.846. The molecule has 0 aromatic heterocycles. The molecule has 2 amide bonds. The zero-order chi connectivity index (χ0) is 13.4. The Hall–Kier alpha value is -1.10. The average Bonchev–Trinajstić information content (AvgIpc) is 2.73. The number of nitrogens with one attached hydrogen (secondary N) is 1. The number of amides is 2. The summed E-state index contributed by atoms with van der Waals surface area (Å²) in [6.07, 6.45) is 2.63. The molecule has 5 nitrogen and oxygen atoms in total. The molecule has 102 valence electrons. The summed E-state index contributed by atoms with van der Waals surface area (Å²) in [5.41, 5.74) is 4.55. The maximum Gasteiger partial charge on any atom is 0.229 e. The van der Waals surface area contributed by atoms with Crippen LogP contribution in [0.15, 0.2) is 0 Å². The van der Waals surface area contributed by atoms with Crippen molar-refractivity contribution >= 4 is 11.8 Å². The van der Waals surface area contributed by atoms with E-state index in [0.29, 0.717) is 19.5 Å². The third kappa shape index (κ3) is 2.23. The summed E-state index contributed by atoms with van der Waals surface area (Å²) < 4.78 is 0. The van der Waals surface area contributed by atoms with Crippen LogP contribution in [0.1, 0.15) is 33.1 Å². The van der Waals surface area contributed by atoms with Crippen LogP contribution >= 0.6 is 0 Å². The van der Waals surface area contributed by atoms with Gasteiger partial charge in [0.1, 0.15) is 0 Å². The van der Waals surface area contributed by atoms with E-state index in [0.717, 1.165) is 25.9 Å². The van der Waals surface area contributed by atoms with Gasteiger partial charge in [0.15, 0.2) is 0 Å². The molecule has 2 atom stereocenters. The predicted molar refractivity (Wildman–Crippen MR) is 68.7 cm³/mol. The Morgan fingerprint density at radius 1 is 1.22 bits per heavy atom. The molecule has 18 heavy (non-hydrogen) atoms. The molecule has 0 aliphatic carbocycles. The van der Waals surface area contributed by atoms with Crippen molar-refractivity contribution in [2.24, 2.45) is 16.6 Å². The Kier molecular flexibility index (Phi) is 3.36. The van der Waals surface area contributed by atoms with Gasteiger partial charge in [0, 0.05) is 19.6 Å². The normalized spacial score (nSPS) is 36.7. The highest BCUT2D eigenvalue weighted by Gasteiger charge is 2.45. The van der Waals surface area contributed by atoms with Crippen LogP contribution in [0.4, 0.5) is 0 Å². The van der Waals surface area contributed by atoms with Crippen molar-refractivity contribution in [3.8, 4) is 0 Å². The molecule has 0 saturated carbocycles. The molecule has 2 saturated heterocycles. The van der Waals surface area contributed by atoms with Crippen LogP contribution in [0, 0.1) is 10.8 Å². The van der Waals surface area contributed by atoms with Crippen LogP contribution in [0.3, 0.4) is 0 Å². The molecule has 5 heteroatoms. The van der Waals surface area contributed by atoms with Crippen molar-refractivity contribution < 1.29 is 9.59 Å². The van der Waals surface area contributed by atoms with Crippen LogP contribution in [-0.2, 0) is 9.59 Å².